The van der Waals surface area contributed by atoms with Crippen molar-refractivity contribution in [2.75, 3.05) is 0 Å². The van der Waals surface area contributed by atoms with Crippen molar-refractivity contribution >= 4 is 44.5 Å². The van der Waals surface area contributed by atoms with Gasteiger partial charge in [0, 0.05) is 15.3 Å². The number of nitrogens with zero attached hydrogens (tertiary/aromatic N) is 3. The Balaban J connectivity index is 1.47. The maximum atomic E-state index is 12.7. The van der Waals surface area contributed by atoms with Crippen LogP contribution in [0.25, 0.3) is 10.2 Å². The van der Waals surface area contributed by atoms with Gasteiger partial charge in [0.25, 0.3) is 5.56 Å². The second-order valence-corrected chi connectivity index (χ2v) is 8.43. The Morgan fingerprint density at radius 1 is 1.26 bits per heavy atom. The van der Waals surface area contributed by atoms with Crippen LogP contribution in [0.15, 0.2) is 46.8 Å². The second-order valence-electron chi connectivity index (χ2n) is 5.94. The van der Waals surface area contributed by atoms with Crippen LogP contribution in [0.3, 0.4) is 0 Å². The molecule has 0 N–H and O–H groups in total. The quantitative estimate of drug-likeness (QED) is 0.454. The molecule has 0 atom stereocenters. The van der Waals surface area contributed by atoms with Gasteiger partial charge in [-0.05, 0) is 36.8 Å². The van der Waals surface area contributed by atoms with Crippen molar-refractivity contribution in [1.29, 1.82) is 0 Å². The molecule has 0 fully saturated rings. The van der Waals surface area contributed by atoms with Crippen LogP contribution in [-0.2, 0) is 19.6 Å². The molecule has 1 aromatic carbocycles. The first-order valence-corrected chi connectivity index (χ1v) is 10.5. The molecule has 4 rings (SSSR count). The number of fused-ring (bicyclic) bond motifs is 1. The summed E-state index contributed by atoms with van der Waals surface area (Å²) in [5.41, 5.74) is 0.798. The monoisotopic (exact) mass is 417 g/mol. The van der Waals surface area contributed by atoms with E-state index in [2.05, 4.69) is 16.9 Å². The van der Waals surface area contributed by atoms with Crippen molar-refractivity contribution in [3.05, 3.63) is 73.0 Å². The molecule has 0 saturated heterocycles. The fourth-order valence-corrected chi connectivity index (χ4v) is 4.38. The van der Waals surface area contributed by atoms with E-state index >= 15 is 0 Å². The van der Waals surface area contributed by atoms with Gasteiger partial charge in [-0.3, -0.25) is 9.36 Å². The van der Waals surface area contributed by atoms with Crippen molar-refractivity contribution < 1.29 is 4.74 Å². The molecule has 27 heavy (non-hydrogen) atoms. The fourth-order valence-electron chi connectivity index (χ4n) is 2.63. The predicted octanol–water partition coefficient (Wildman–Crippen LogP) is 4.76. The van der Waals surface area contributed by atoms with E-state index in [-0.39, 0.29) is 5.56 Å². The van der Waals surface area contributed by atoms with E-state index in [1.54, 1.807) is 34.4 Å². The van der Waals surface area contributed by atoms with E-state index in [0.29, 0.717) is 23.6 Å². The summed E-state index contributed by atoms with van der Waals surface area (Å²) in [5.74, 6) is 0.742. The van der Waals surface area contributed by atoms with Gasteiger partial charge >= 0.3 is 0 Å². The summed E-state index contributed by atoms with van der Waals surface area (Å²) >= 11 is 8.96. The van der Waals surface area contributed by atoms with Gasteiger partial charge in [-0.15, -0.1) is 22.7 Å². The summed E-state index contributed by atoms with van der Waals surface area (Å²) in [6.07, 6.45) is 2.51. The molecule has 0 spiro atoms. The minimum Gasteiger partial charge on any atom is -0.486 e. The molecule has 138 valence electrons. The fraction of sp³-hybridized carbons (Fsp3) is 0.211. The number of hydrogen-bond donors (Lipinski definition) is 0. The summed E-state index contributed by atoms with van der Waals surface area (Å²) in [5, 5.41) is 4.15. The van der Waals surface area contributed by atoms with E-state index in [1.165, 1.54) is 16.2 Å². The van der Waals surface area contributed by atoms with Crippen LogP contribution in [0.5, 0.6) is 5.75 Å². The Morgan fingerprint density at radius 2 is 2.07 bits per heavy atom. The maximum absolute atomic E-state index is 12.7. The first kappa shape index (κ1) is 18.2. The average Bonchev–Trinajstić information content (AvgIpc) is 3.30. The van der Waals surface area contributed by atoms with Crippen molar-refractivity contribution in [3.63, 3.8) is 0 Å². The van der Waals surface area contributed by atoms with Gasteiger partial charge in [-0.25, -0.2) is 9.97 Å². The molecule has 3 heterocycles. The molecular formula is C19H16ClN3O2S2. The molecule has 0 saturated carbocycles. The number of aryl methyl sites for hydroxylation is 1. The Bertz CT molecular complexity index is 1130. The zero-order valence-corrected chi connectivity index (χ0v) is 16.9. The molecule has 8 heteroatoms. The number of rotatable bonds is 6. The summed E-state index contributed by atoms with van der Waals surface area (Å²) in [7, 11) is 0. The van der Waals surface area contributed by atoms with Gasteiger partial charge in [-0.1, -0.05) is 18.5 Å². The third-order valence-electron chi connectivity index (χ3n) is 4.03. The number of aromatic nitrogens is 3. The average molecular weight is 418 g/mol. The highest BCUT2D eigenvalue weighted by Crippen LogP contribution is 2.22. The third-order valence-corrected chi connectivity index (χ3v) is 6.34. The van der Waals surface area contributed by atoms with Crippen molar-refractivity contribution in [2.45, 2.75) is 26.5 Å². The van der Waals surface area contributed by atoms with E-state index in [0.717, 1.165) is 27.7 Å². The normalized spacial score (nSPS) is 11.2. The highest BCUT2D eigenvalue weighted by Gasteiger charge is 2.10. The van der Waals surface area contributed by atoms with Crippen LogP contribution in [0, 0.1) is 0 Å². The molecule has 4 aromatic rings. The lowest BCUT2D eigenvalue weighted by molar-refractivity contribution is 0.305. The smallest absolute Gasteiger partial charge is 0.262 e. The van der Waals surface area contributed by atoms with Crippen LogP contribution >= 0.6 is 34.3 Å². The minimum absolute atomic E-state index is 0.0251. The topological polar surface area (TPSA) is 57.0 Å². The highest BCUT2D eigenvalue weighted by atomic mass is 35.5. The first-order valence-electron chi connectivity index (χ1n) is 8.42. The van der Waals surface area contributed by atoms with E-state index in [9.17, 15) is 4.79 Å². The van der Waals surface area contributed by atoms with Crippen molar-refractivity contribution in [3.8, 4) is 5.75 Å². The third kappa shape index (κ3) is 4.05. The molecule has 0 unspecified atom stereocenters. The molecule has 5 nitrogen and oxygen atoms in total. The van der Waals surface area contributed by atoms with Gasteiger partial charge in [0.2, 0.25) is 0 Å². The van der Waals surface area contributed by atoms with Crippen molar-refractivity contribution in [1.82, 2.24) is 14.5 Å². The zero-order chi connectivity index (χ0) is 18.8. The van der Waals surface area contributed by atoms with E-state index in [1.807, 2.05) is 23.6 Å². The largest absolute Gasteiger partial charge is 0.486 e. The number of ether oxygens (including phenoxy) is 1. The standard InChI is InChI=1S/C19H16ClN3O2S2/c1-2-15-7-16-18(27-15)21-11-23(19(16)24)8-13-10-26-17(22-13)9-25-14-5-3-12(20)4-6-14/h3-7,10-11H,2,8-9H2,1H3. The van der Waals surface area contributed by atoms with Crippen LogP contribution < -0.4 is 10.3 Å². The molecule has 0 aliphatic carbocycles. The Morgan fingerprint density at radius 3 is 2.85 bits per heavy atom. The summed E-state index contributed by atoms with van der Waals surface area (Å²) in [4.78, 5) is 23.6. The van der Waals surface area contributed by atoms with Crippen LogP contribution in [0.1, 0.15) is 22.5 Å². The molecule has 3 aromatic heterocycles. The van der Waals surface area contributed by atoms with Gasteiger partial charge in [0.1, 0.15) is 22.2 Å². The number of halogens is 1. The second kappa shape index (κ2) is 7.80. The number of thiophene rings is 1. The maximum Gasteiger partial charge on any atom is 0.262 e. The minimum atomic E-state index is -0.0251. The van der Waals surface area contributed by atoms with Crippen LogP contribution in [0.2, 0.25) is 5.02 Å². The molecule has 0 aliphatic rings. The lowest BCUT2D eigenvalue weighted by Crippen LogP contribution is -2.20. The Hall–Kier alpha value is -2.22. The van der Waals surface area contributed by atoms with Gasteiger partial charge < -0.3 is 4.74 Å². The number of thiazole rings is 1. The predicted molar refractivity (Wildman–Crippen MR) is 110 cm³/mol. The molecular weight excluding hydrogens is 402 g/mol. The number of benzene rings is 1. The van der Waals surface area contributed by atoms with Crippen molar-refractivity contribution in [2.24, 2.45) is 0 Å². The lowest BCUT2D eigenvalue weighted by atomic mass is 10.3. The van der Waals surface area contributed by atoms with Crippen LogP contribution in [0.4, 0.5) is 0 Å². The first-order chi connectivity index (χ1) is 13.1. The Labute approximate surface area is 168 Å². The zero-order valence-electron chi connectivity index (χ0n) is 14.5. The summed E-state index contributed by atoms with van der Waals surface area (Å²) < 4.78 is 7.32. The Kier molecular flexibility index (Phi) is 5.24. The van der Waals surface area contributed by atoms with Gasteiger partial charge in [-0.2, -0.15) is 0 Å². The van der Waals surface area contributed by atoms with E-state index in [4.69, 9.17) is 16.3 Å². The van der Waals surface area contributed by atoms with Crippen LogP contribution in [-0.4, -0.2) is 14.5 Å². The molecule has 0 radical (unpaired) electrons. The van der Waals surface area contributed by atoms with E-state index < -0.39 is 0 Å². The van der Waals surface area contributed by atoms with Gasteiger partial charge in [0.05, 0.1) is 24.0 Å². The number of hydrogen-bond acceptors (Lipinski definition) is 6. The molecule has 0 aliphatic heterocycles. The van der Waals surface area contributed by atoms with Gasteiger partial charge in [0.15, 0.2) is 0 Å². The summed E-state index contributed by atoms with van der Waals surface area (Å²) in [6, 6.07) is 9.16. The lowest BCUT2D eigenvalue weighted by Gasteiger charge is -2.04. The SMILES string of the molecule is CCc1cc2c(=O)n(Cc3csc(COc4ccc(Cl)cc4)n3)cnc2s1. The summed E-state index contributed by atoms with van der Waals surface area (Å²) in [6.45, 7) is 2.85. The highest BCUT2D eigenvalue weighted by molar-refractivity contribution is 7.18. The molecule has 0 bridgehead atoms. The molecule has 0 amide bonds.